The molecule has 2 N–H and O–H groups in total. The molecule has 0 aromatic rings. The average Bonchev–Trinajstić information content (AvgIpc) is 3.13. The SMILES string of the molecule is C=C(CCCCCCCN(CCN)CCCCCCCOCC(=O)C(CCCCCCCC)CCCCCCCC)OCCCCCCCCC. The van der Waals surface area contributed by atoms with E-state index < -0.39 is 0 Å². The number of unbranched alkanes of at least 4 members (excludes halogenated alkanes) is 24. The molecule has 0 saturated heterocycles. The number of ketones is 1. The Labute approximate surface area is 320 Å². The first-order valence-corrected chi connectivity index (χ1v) is 22.9. The van der Waals surface area contributed by atoms with E-state index in [4.69, 9.17) is 15.2 Å². The molecule has 0 amide bonds. The lowest BCUT2D eigenvalue weighted by molar-refractivity contribution is -0.128. The number of carbonyl (C=O) groups is 1. The van der Waals surface area contributed by atoms with Crippen LogP contribution in [0.2, 0.25) is 0 Å². The zero-order chi connectivity index (χ0) is 37.3. The number of allylic oxidation sites excluding steroid dienone is 1. The van der Waals surface area contributed by atoms with Crippen LogP contribution in [0, 0.1) is 5.92 Å². The maximum Gasteiger partial charge on any atom is 0.161 e. The van der Waals surface area contributed by atoms with Gasteiger partial charge < -0.3 is 20.1 Å². The van der Waals surface area contributed by atoms with E-state index in [-0.39, 0.29) is 5.92 Å². The summed E-state index contributed by atoms with van der Waals surface area (Å²) in [6.07, 6.45) is 40.3. The predicted octanol–water partition coefficient (Wildman–Crippen LogP) is 13.5. The van der Waals surface area contributed by atoms with Crippen LogP contribution < -0.4 is 5.73 Å². The van der Waals surface area contributed by atoms with Crippen molar-refractivity contribution in [3.05, 3.63) is 12.3 Å². The van der Waals surface area contributed by atoms with Crippen LogP contribution in [0.25, 0.3) is 0 Å². The van der Waals surface area contributed by atoms with Crippen molar-refractivity contribution >= 4 is 5.78 Å². The number of Topliss-reactive ketones (excluding diaryl/α,β-unsaturated/α-hetero) is 1. The Morgan fingerprint density at radius 1 is 0.529 bits per heavy atom. The van der Waals surface area contributed by atoms with Gasteiger partial charge in [0.05, 0.1) is 12.4 Å². The summed E-state index contributed by atoms with van der Waals surface area (Å²) in [6.45, 7) is 16.9. The first-order valence-electron chi connectivity index (χ1n) is 22.9. The van der Waals surface area contributed by atoms with Gasteiger partial charge in [-0.25, -0.2) is 0 Å². The molecule has 304 valence electrons. The monoisotopic (exact) mass is 721 g/mol. The summed E-state index contributed by atoms with van der Waals surface area (Å²) in [4.78, 5) is 15.6. The van der Waals surface area contributed by atoms with Gasteiger partial charge in [-0.3, -0.25) is 4.79 Å². The largest absolute Gasteiger partial charge is 0.499 e. The Bertz CT molecular complexity index is 699. The fourth-order valence-corrected chi connectivity index (χ4v) is 7.22. The Morgan fingerprint density at radius 3 is 1.43 bits per heavy atom. The Hall–Kier alpha value is -0.910. The zero-order valence-electron chi connectivity index (χ0n) is 35.1. The van der Waals surface area contributed by atoms with Crippen molar-refractivity contribution in [3.63, 3.8) is 0 Å². The van der Waals surface area contributed by atoms with E-state index in [0.29, 0.717) is 12.4 Å². The van der Waals surface area contributed by atoms with E-state index in [2.05, 4.69) is 32.3 Å². The maximum atomic E-state index is 13.1. The Kier molecular flexibility index (Phi) is 41.1. The van der Waals surface area contributed by atoms with Gasteiger partial charge in [-0.05, 0) is 58.0 Å². The van der Waals surface area contributed by atoms with Crippen LogP contribution in [0.5, 0.6) is 0 Å². The van der Waals surface area contributed by atoms with E-state index in [1.165, 1.54) is 186 Å². The molecule has 0 fully saturated rings. The number of nitrogens with two attached hydrogens (primary N) is 1. The number of hydrogen-bond donors (Lipinski definition) is 1. The quantitative estimate of drug-likeness (QED) is 0.0501. The van der Waals surface area contributed by atoms with E-state index in [1.807, 2.05) is 0 Å². The van der Waals surface area contributed by atoms with Crippen molar-refractivity contribution in [2.75, 3.05) is 46.0 Å². The van der Waals surface area contributed by atoms with Crippen LogP contribution in [-0.2, 0) is 14.3 Å². The second-order valence-electron chi connectivity index (χ2n) is 15.8. The van der Waals surface area contributed by atoms with Crippen LogP contribution in [0.3, 0.4) is 0 Å². The Balaban J connectivity index is 3.90. The molecule has 0 aromatic carbocycles. The number of nitrogens with zero attached hydrogens (tertiary/aromatic N) is 1. The van der Waals surface area contributed by atoms with Crippen LogP contribution in [-0.4, -0.2) is 56.7 Å². The van der Waals surface area contributed by atoms with Gasteiger partial charge in [0.25, 0.3) is 0 Å². The van der Waals surface area contributed by atoms with Gasteiger partial charge in [-0.2, -0.15) is 0 Å². The van der Waals surface area contributed by atoms with Crippen LogP contribution >= 0.6 is 0 Å². The number of rotatable bonds is 44. The van der Waals surface area contributed by atoms with Gasteiger partial charge in [0.1, 0.15) is 6.61 Å². The van der Waals surface area contributed by atoms with Gasteiger partial charge in [-0.15, -0.1) is 0 Å². The lowest BCUT2D eigenvalue weighted by Gasteiger charge is -2.21. The molecule has 0 aliphatic rings. The lowest BCUT2D eigenvalue weighted by atomic mass is 9.91. The van der Waals surface area contributed by atoms with E-state index in [0.717, 1.165) is 64.3 Å². The van der Waals surface area contributed by atoms with E-state index in [1.54, 1.807) is 0 Å². The topological polar surface area (TPSA) is 64.8 Å². The average molecular weight is 721 g/mol. The summed E-state index contributed by atoms with van der Waals surface area (Å²) in [5.74, 6) is 1.56. The van der Waals surface area contributed by atoms with Gasteiger partial charge >= 0.3 is 0 Å². The molecule has 0 rings (SSSR count). The van der Waals surface area contributed by atoms with Crippen molar-refractivity contribution in [2.45, 2.75) is 226 Å². The van der Waals surface area contributed by atoms with E-state index >= 15 is 0 Å². The fraction of sp³-hybridized carbons (Fsp3) is 0.935. The number of hydrogen-bond acceptors (Lipinski definition) is 5. The summed E-state index contributed by atoms with van der Waals surface area (Å²) >= 11 is 0. The van der Waals surface area contributed by atoms with Crippen molar-refractivity contribution in [1.82, 2.24) is 4.90 Å². The first-order chi connectivity index (χ1) is 25.1. The fourth-order valence-electron chi connectivity index (χ4n) is 7.22. The molecule has 0 aliphatic carbocycles. The summed E-state index contributed by atoms with van der Waals surface area (Å²) in [6, 6.07) is 0. The van der Waals surface area contributed by atoms with Gasteiger partial charge in [0, 0.05) is 32.0 Å². The highest BCUT2D eigenvalue weighted by Gasteiger charge is 2.18. The number of ether oxygens (including phenoxy) is 2. The zero-order valence-corrected chi connectivity index (χ0v) is 35.1. The van der Waals surface area contributed by atoms with Crippen molar-refractivity contribution < 1.29 is 14.3 Å². The third kappa shape index (κ3) is 37.2. The third-order valence-electron chi connectivity index (χ3n) is 10.7. The molecule has 0 aromatic heterocycles. The minimum atomic E-state index is 0.216. The molecule has 5 heteroatoms. The minimum Gasteiger partial charge on any atom is -0.499 e. The lowest BCUT2D eigenvalue weighted by Crippen LogP contribution is -2.31. The van der Waals surface area contributed by atoms with Crippen molar-refractivity contribution in [1.29, 1.82) is 0 Å². The van der Waals surface area contributed by atoms with Crippen LogP contribution in [0.4, 0.5) is 0 Å². The molecule has 5 nitrogen and oxygen atoms in total. The molecule has 0 saturated carbocycles. The standard InChI is InChI=1S/C46H92N2O3/c1-5-8-11-14-17-26-33-42-51-44(4)34-27-20-18-23-30-38-48(40-37-47)39-31-24-19-25-32-41-50-43-46(49)45(35-28-21-15-12-9-6-2)36-29-22-16-13-10-7-3/h45H,4-43,47H2,1-3H3. The first kappa shape index (κ1) is 50.1. The van der Waals surface area contributed by atoms with Crippen LogP contribution in [0.1, 0.15) is 226 Å². The summed E-state index contributed by atoms with van der Waals surface area (Å²) in [7, 11) is 0. The predicted molar refractivity (Wildman–Crippen MR) is 225 cm³/mol. The van der Waals surface area contributed by atoms with Crippen LogP contribution in [0.15, 0.2) is 12.3 Å². The van der Waals surface area contributed by atoms with Gasteiger partial charge in [-0.1, -0.05) is 181 Å². The molecular formula is C46H92N2O3. The smallest absolute Gasteiger partial charge is 0.161 e. The molecule has 0 atom stereocenters. The van der Waals surface area contributed by atoms with E-state index in [9.17, 15) is 4.79 Å². The molecule has 0 unspecified atom stereocenters. The molecule has 51 heavy (non-hydrogen) atoms. The second kappa shape index (κ2) is 41.8. The summed E-state index contributed by atoms with van der Waals surface area (Å²) in [5.41, 5.74) is 5.93. The highest BCUT2D eigenvalue weighted by atomic mass is 16.5. The normalized spacial score (nSPS) is 11.6. The summed E-state index contributed by atoms with van der Waals surface area (Å²) in [5, 5.41) is 0. The highest BCUT2D eigenvalue weighted by molar-refractivity contribution is 5.82. The number of carbonyl (C=O) groups excluding carboxylic acids is 1. The van der Waals surface area contributed by atoms with Gasteiger partial charge in [0.15, 0.2) is 5.78 Å². The summed E-state index contributed by atoms with van der Waals surface area (Å²) < 4.78 is 11.8. The third-order valence-corrected chi connectivity index (χ3v) is 10.7. The second-order valence-corrected chi connectivity index (χ2v) is 15.8. The molecule has 0 radical (unpaired) electrons. The molecule has 0 bridgehead atoms. The van der Waals surface area contributed by atoms with Gasteiger partial charge in [0.2, 0.25) is 0 Å². The molecule has 0 heterocycles. The minimum absolute atomic E-state index is 0.216. The highest BCUT2D eigenvalue weighted by Crippen LogP contribution is 2.21. The molecule has 0 spiro atoms. The molecule has 0 aliphatic heterocycles. The molecular weight excluding hydrogens is 629 g/mol. The Morgan fingerprint density at radius 2 is 0.941 bits per heavy atom. The maximum absolute atomic E-state index is 13.1. The van der Waals surface area contributed by atoms with Crippen molar-refractivity contribution in [2.24, 2.45) is 11.7 Å². The van der Waals surface area contributed by atoms with Crippen molar-refractivity contribution in [3.8, 4) is 0 Å².